The zero-order valence-corrected chi connectivity index (χ0v) is 9.90. The molecule has 0 N–H and O–H groups in total. The van der Waals surface area contributed by atoms with E-state index in [1.165, 1.54) is 0 Å². The van der Waals surface area contributed by atoms with Crippen molar-refractivity contribution in [2.75, 3.05) is 6.61 Å². The van der Waals surface area contributed by atoms with E-state index in [1.807, 2.05) is 0 Å². The van der Waals surface area contributed by atoms with E-state index >= 15 is 0 Å². The number of halogens is 2. The van der Waals surface area contributed by atoms with Crippen molar-refractivity contribution < 1.29 is 16.8 Å². The van der Waals surface area contributed by atoms with Gasteiger partial charge >= 0.3 is 7.82 Å². The highest BCUT2D eigenvalue weighted by atomic mass is 79.9. The van der Waals surface area contributed by atoms with Gasteiger partial charge in [0.1, 0.15) is 16.3 Å². The monoisotopic (exact) mass is 280 g/mol. The Bertz CT molecular complexity index is 148. The van der Waals surface area contributed by atoms with Crippen LogP contribution < -0.4 is 0 Å². The van der Waals surface area contributed by atoms with E-state index in [-0.39, 0.29) is 0 Å². The summed E-state index contributed by atoms with van der Waals surface area (Å²) in [6, 6.07) is 0. The molecule has 0 aliphatic heterocycles. The van der Waals surface area contributed by atoms with Crippen LogP contribution in [0.15, 0.2) is 0 Å². The molecule has 0 saturated heterocycles. The quantitative estimate of drug-likeness (QED) is 0.526. The predicted octanol–water partition coefficient (Wildman–Crippen LogP) is 3.80. The summed E-state index contributed by atoms with van der Waals surface area (Å²) in [6.45, 7) is 2.36. The van der Waals surface area contributed by atoms with Gasteiger partial charge in [-0.3, -0.25) is 4.52 Å². The normalized spacial score (nSPS) is 15.9. The van der Waals surface area contributed by atoms with Crippen LogP contribution in [0.2, 0.25) is 0 Å². The van der Waals surface area contributed by atoms with Crippen LogP contribution in [0.1, 0.15) is 26.2 Å². The number of hydrogen-bond donors (Lipinski definition) is 0. The molecule has 0 bridgehead atoms. The lowest BCUT2D eigenvalue weighted by Gasteiger charge is -2.08. The van der Waals surface area contributed by atoms with E-state index in [0.717, 1.165) is 19.3 Å². The van der Waals surface area contributed by atoms with E-state index in [2.05, 4.69) is 30.9 Å². The first kappa shape index (κ1) is 12.9. The van der Waals surface area contributed by atoms with E-state index in [0.29, 0.717) is 6.61 Å². The average Bonchev–Trinajstić information content (AvgIpc) is 2.12. The molecule has 0 heterocycles. The number of hydrogen-bond acceptors (Lipinski definition) is 4. The van der Waals surface area contributed by atoms with Crippen molar-refractivity contribution in [3.8, 4) is 0 Å². The van der Waals surface area contributed by atoms with Gasteiger partial charge < -0.3 is 0 Å². The molecule has 1 unspecified atom stereocenters. The molecule has 0 rings (SSSR count). The van der Waals surface area contributed by atoms with E-state index < -0.39 is 7.82 Å². The zero-order valence-electron chi connectivity index (χ0n) is 6.66. The number of phosphoric acid groups is 1. The smallest absolute Gasteiger partial charge is 0.285 e. The Hall–Kier alpha value is 0.880. The molecule has 7 heteroatoms. The van der Waals surface area contributed by atoms with Crippen molar-refractivity contribution >= 4 is 35.9 Å². The average molecular weight is 281 g/mol. The van der Waals surface area contributed by atoms with Gasteiger partial charge in [-0.15, -0.1) is 0 Å². The minimum Gasteiger partial charge on any atom is -0.285 e. The maximum Gasteiger partial charge on any atom is 0.502 e. The third-order valence-electron chi connectivity index (χ3n) is 1.17. The van der Waals surface area contributed by atoms with Crippen LogP contribution in [0.4, 0.5) is 0 Å². The Morgan fingerprint density at radius 3 is 2.58 bits per heavy atom. The van der Waals surface area contributed by atoms with Crippen molar-refractivity contribution in [2.24, 2.45) is 0 Å². The fourth-order valence-electron chi connectivity index (χ4n) is 0.579. The molecule has 0 aliphatic rings. The standard InChI is InChI=1S/C5H11BrClO4P/c1-2-3-4-5-9-12(8,10-6)11-7/h2-5H2,1H3. The van der Waals surface area contributed by atoms with Gasteiger partial charge in [-0.05, 0) is 6.42 Å². The molecule has 1 atom stereocenters. The Kier molecular flexibility index (Phi) is 7.83. The first-order valence-electron chi connectivity index (χ1n) is 3.53. The summed E-state index contributed by atoms with van der Waals surface area (Å²) in [5, 5.41) is 0. The molecule has 0 radical (unpaired) electrons. The zero-order chi connectivity index (χ0) is 9.45. The van der Waals surface area contributed by atoms with Crippen molar-refractivity contribution in [1.29, 1.82) is 0 Å². The highest BCUT2D eigenvalue weighted by molar-refractivity contribution is 9.06. The predicted molar refractivity (Wildman–Crippen MR) is 50.0 cm³/mol. The molecule has 0 saturated carbocycles. The molecule has 0 amide bonds. The van der Waals surface area contributed by atoms with E-state index in [1.54, 1.807) is 0 Å². The molecule has 0 aliphatic carbocycles. The molecule has 0 aromatic heterocycles. The minimum atomic E-state index is -3.54. The van der Waals surface area contributed by atoms with Crippen molar-refractivity contribution in [1.82, 2.24) is 0 Å². The lowest BCUT2D eigenvalue weighted by molar-refractivity contribution is 0.222. The van der Waals surface area contributed by atoms with Gasteiger partial charge in [0.15, 0.2) is 0 Å². The summed E-state index contributed by atoms with van der Waals surface area (Å²) < 4.78 is 24.1. The Labute approximate surface area is 85.8 Å². The molecule has 12 heavy (non-hydrogen) atoms. The molecule has 4 nitrogen and oxygen atoms in total. The van der Waals surface area contributed by atoms with Crippen LogP contribution >= 0.6 is 35.9 Å². The largest absolute Gasteiger partial charge is 0.502 e. The summed E-state index contributed by atoms with van der Waals surface area (Å²) in [6.07, 6.45) is 2.87. The van der Waals surface area contributed by atoms with Gasteiger partial charge in [0.2, 0.25) is 0 Å². The van der Waals surface area contributed by atoms with Crippen LogP contribution in [-0.4, -0.2) is 6.61 Å². The molecule has 0 aromatic rings. The Morgan fingerprint density at radius 1 is 1.50 bits per heavy atom. The molecule has 74 valence electrons. The van der Waals surface area contributed by atoms with E-state index in [4.69, 9.17) is 16.4 Å². The van der Waals surface area contributed by atoms with Crippen LogP contribution in [0, 0.1) is 0 Å². The number of unbranched alkanes of at least 4 members (excludes halogenated alkanes) is 2. The molecular formula is C5H11BrClO4P. The highest BCUT2D eigenvalue weighted by Crippen LogP contribution is 2.52. The van der Waals surface area contributed by atoms with Crippen LogP contribution in [0.3, 0.4) is 0 Å². The van der Waals surface area contributed by atoms with Gasteiger partial charge in [0.05, 0.1) is 18.5 Å². The summed E-state index contributed by atoms with van der Waals surface area (Å²) >= 11 is 7.38. The maximum atomic E-state index is 11.1. The summed E-state index contributed by atoms with van der Waals surface area (Å²) in [7, 11) is -3.54. The van der Waals surface area contributed by atoms with Gasteiger partial charge in [-0.1, -0.05) is 19.8 Å². The SMILES string of the molecule is CCCCCOP(=O)(OCl)OBr. The first-order chi connectivity index (χ1) is 5.68. The van der Waals surface area contributed by atoms with Crippen LogP contribution in [0.5, 0.6) is 0 Å². The molecular weight excluding hydrogens is 270 g/mol. The lowest BCUT2D eigenvalue weighted by Crippen LogP contribution is -1.93. The van der Waals surface area contributed by atoms with Gasteiger partial charge in [-0.25, -0.2) is 8.18 Å². The fraction of sp³-hybridized carbons (Fsp3) is 1.00. The van der Waals surface area contributed by atoms with Crippen LogP contribution in [-0.2, 0) is 16.8 Å². The topological polar surface area (TPSA) is 44.8 Å². The third-order valence-corrected chi connectivity index (χ3v) is 3.57. The summed E-state index contributed by atoms with van der Waals surface area (Å²) in [5.41, 5.74) is 0. The van der Waals surface area contributed by atoms with Gasteiger partial charge in [0.25, 0.3) is 0 Å². The summed E-state index contributed by atoms with van der Waals surface area (Å²) in [5.74, 6) is 0. The highest BCUT2D eigenvalue weighted by Gasteiger charge is 2.25. The van der Waals surface area contributed by atoms with Crippen molar-refractivity contribution in [2.45, 2.75) is 26.2 Å². The molecule has 0 spiro atoms. The van der Waals surface area contributed by atoms with Crippen molar-refractivity contribution in [3.05, 3.63) is 0 Å². The second kappa shape index (κ2) is 7.30. The minimum absolute atomic E-state index is 0.309. The second-order valence-corrected chi connectivity index (χ2v) is 4.84. The third kappa shape index (κ3) is 5.51. The summed E-state index contributed by atoms with van der Waals surface area (Å²) in [4.78, 5) is 0. The first-order valence-corrected chi connectivity index (χ1v) is 5.95. The Morgan fingerprint density at radius 2 is 2.17 bits per heavy atom. The lowest BCUT2D eigenvalue weighted by atomic mass is 10.3. The molecule has 0 fully saturated rings. The molecule has 0 aromatic carbocycles. The second-order valence-electron chi connectivity index (χ2n) is 2.13. The van der Waals surface area contributed by atoms with Crippen LogP contribution in [0.25, 0.3) is 0 Å². The Balaban J connectivity index is 3.52. The number of rotatable bonds is 7. The van der Waals surface area contributed by atoms with Gasteiger partial charge in [-0.2, -0.15) is 4.08 Å². The maximum absolute atomic E-state index is 11.1. The fourth-order valence-corrected chi connectivity index (χ4v) is 1.87. The van der Waals surface area contributed by atoms with Gasteiger partial charge in [0, 0.05) is 0 Å². The van der Waals surface area contributed by atoms with Crippen molar-refractivity contribution in [3.63, 3.8) is 0 Å². The van der Waals surface area contributed by atoms with E-state index in [9.17, 15) is 4.57 Å².